The predicted molar refractivity (Wildman–Crippen MR) is 109 cm³/mol. The zero-order chi connectivity index (χ0) is 20.0. The molecule has 28 heavy (non-hydrogen) atoms. The summed E-state index contributed by atoms with van der Waals surface area (Å²) in [6.45, 7) is 3.05. The Hall–Kier alpha value is -2.38. The van der Waals surface area contributed by atoms with E-state index >= 15 is 0 Å². The number of carbonyl (C=O) groups excluding carboxylic acids is 1. The van der Waals surface area contributed by atoms with Crippen LogP contribution in [0.15, 0.2) is 54.6 Å². The zero-order valence-corrected chi connectivity index (χ0v) is 16.9. The maximum Gasteiger partial charge on any atom is 0.260 e. The molecule has 0 aromatic heterocycles. The minimum atomic E-state index is -3.20. The molecule has 0 aliphatic carbocycles. The Morgan fingerprint density at radius 2 is 1.61 bits per heavy atom. The van der Waals surface area contributed by atoms with Gasteiger partial charge in [-0.2, -0.15) is 4.31 Å². The highest BCUT2D eigenvalue weighted by Gasteiger charge is 2.27. The Morgan fingerprint density at radius 1 is 0.964 bits per heavy atom. The van der Waals surface area contributed by atoms with E-state index in [0.717, 1.165) is 12.0 Å². The fourth-order valence-electron chi connectivity index (χ4n) is 3.24. The second kappa shape index (κ2) is 9.21. The average molecular weight is 403 g/mol. The van der Waals surface area contributed by atoms with Crippen LogP contribution in [0.1, 0.15) is 18.1 Å². The lowest BCUT2D eigenvalue weighted by Crippen LogP contribution is -2.51. The van der Waals surface area contributed by atoms with Crippen LogP contribution in [0.5, 0.6) is 5.75 Å². The van der Waals surface area contributed by atoms with Gasteiger partial charge in [0.15, 0.2) is 6.61 Å². The molecule has 0 N–H and O–H groups in total. The summed E-state index contributed by atoms with van der Waals surface area (Å²) < 4.78 is 31.1. The molecule has 0 bridgehead atoms. The molecule has 150 valence electrons. The first-order valence-corrected chi connectivity index (χ1v) is 11.1. The van der Waals surface area contributed by atoms with Crippen LogP contribution in [0.2, 0.25) is 0 Å². The van der Waals surface area contributed by atoms with E-state index in [2.05, 4.69) is 12.1 Å². The van der Waals surface area contributed by atoms with Gasteiger partial charge < -0.3 is 9.64 Å². The maximum absolute atomic E-state index is 12.5. The molecule has 6 nitrogen and oxygen atoms in total. The number of ether oxygens (including phenoxy) is 1. The van der Waals surface area contributed by atoms with Gasteiger partial charge in [-0.1, -0.05) is 48.5 Å². The molecule has 3 rings (SSSR count). The van der Waals surface area contributed by atoms with Gasteiger partial charge in [0.25, 0.3) is 5.91 Å². The Labute approximate surface area is 166 Å². The maximum atomic E-state index is 12.5. The summed E-state index contributed by atoms with van der Waals surface area (Å²) in [5.74, 6) is 0.664. The van der Waals surface area contributed by atoms with Gasteiger partial charge in [0.05, 0.1) is 5.75 Å². The first-order chi connectivity index (χ1) is 13.5. The van der Waals surface area contributed by atoms with E-state index in [1.165, 1.54) is 9.87 Å². The largest absolute Gasteiger partial charge is 0.483 e. The Kier molecular flexibility index (Phi) is 6.70. The number of hydrogen-bond donors (Lipinski definition) is 0. The van der Waals surface area contributed by atoms with E-state index in [1.54, 1.807) is 11.8 Å². The quantitative estimate of drug-likeness (QED) is 0.712. The Bertz CT molecular complexity index is 892. The molecule has 7 heteroatoms. The highest BCUT2D eigenvalue weighted by atomic mass is 32.2. The normalized spacial score (nSPS) is 15.4. The molecule has 0 unspecified atom stereocenters. The Balaban J connectivity index is 1.56. The van der Waals surface area contributed by atoms with Crippen LogP contribution < -0.4 is 4.74 Å². The SMILES string of the molecule is CCS(=O)(=O)N1CCN(C(=O)COc2ccccc2Cc2ccccc2)CC1. The standard InChI is InChI=1S/C21H26N2O4S/c1-2-28(25,26)23-14-12-22(13-15-23)21(24)17-27-20-11-7-6-10-19(20)16-18-8-4-3-5-9-18/h3-11H,2,12-17H2,1H3. The molecule has 1 heterocycles. The molecule has 1 fully saturated rings. The minimum absolute atomic E-state index is 0.0493. The fourth-order valence-corrected chi connectivity index (χ4v) is 4.32. The van der Waals surface area contributed by atoms with Crippen molar-refractivity contribution in [2.75, 3.05) is 38.5 Å². The molecule has 2 aromatic rings. The summed E-state index contributed by atoms with van der Waals surface area (Å²) in [6, 6.07) is 17.8. The number of amides is 1. The monoisotopic (exact) mass is 402 g/mol. The first-order valence-electron chi connectivity index (χ1n) is 9.50. The third-order valence-corrected chi connectivity index (χ3v) is 6.79. The van der Waals surface area contributed by atoms with E-state index in [0.29, 0.717) is 31.9 Å². The molecule has 1 saturated heterocycles. The van der Waals surface area contributed by atoms with Crippen LogP contribution in [0.25, 0.3) is 0 Å². The lowest BCUT2D eigenvalue weighted by Gasteiger charge is -2.33. The van der Waals surface area contributed by atoms with E-state index in [4.69, 9.17) is 4.74 Å². The number of sulfonamides is 1. The number of para-hydroxylation sites is 1. The lowest BCUT2D eigenvalue weighted by molar-refractivity contribution is -0.134. The van der Waals surface area contributed by atoms with Crippen LogP contribution in [0.3, 0.4) is 0 Å². The molecule has 0 radical (unpaired) electrons. The van der Waals surface area contributed by atoms with Crippen molar-refractivity contribution < 1.29 is 17.9 Å². The molecule has 1 aliphatic heterocycles. The smallest absolute Gasteiger partial charge is 0.260 e. The molecular weight excluding hydrogens is 376 g/mol. The third kappa shape index (κ3) is 5.11. The predicted octanol–water partition coefficient (Wildman–Crippen LogP) is 2.15. The summed E-state index contributed by atoms with van der Waals surface area (Å²) in [4.78, 5) is 14.2. The molecular formula is C21H26N2O4S. The topological polar surface area (TPSA) is 66.9 Å². The number of rotatable bonds is 7. The summed E-state index contributed by atoms with van der Waals surface area (Å²) in [5.41, 5.74) is 2.21. The second-order valence-electron chi connectivity index (χ2n) is 6.74. The van der Waals surface area contributed by atoms with E-state index in [-0.39, 0.29) is 18.3 Å². The molecule has 1 aliphatic rings. The molecule has 0 saturated carbocycles. The summed E-state index contributed by atoms with van der Waals surface area (Å²) in [6.07, 6.45) is 0.735. The van der Waals surface area contributed by atoms with Crippen molar-refractivity contribution in [2.45, 2.75) is 13.3 Å². The minimum Gasteiger partial charge on any atom is -0.483 e. The van der Waals surface area contributed by atoms with Crippen LogP contribution in [0, 0.1) is 0 Å². The molecule has 0 spiro atoms. The number of carbonyl (C=O) groups is 1. The van der Waals surface area contributed by atoms with Gasteiger partial charge in [-0.3, -0.25) is 4.79 Å². The number of nitrogens with zero attached hydrogens (tertiary/aromatic N) is 2. The van der Waals surface area contributed by atoms with Crippen molar-refractivity contribution in [2.24, 2.45) is 0 Å². The van der Waals surface area contributed by atoms with Crippen LogP contribution in [-0.2, 0) is 21.2 Å². The highest BCUT2D eigenvalue weighted by Crippen LogP contribution is 2.21. The molecule has 2 aromatic carbocycles. The van der Waals surface area contributed by atoms with Gasteiger partial charge in [0.1, 0.15) is 5.75 Å². The van der Waals surface area contributed by atoms with Gasteiger partial charge >= 0.3 is 0 Å². The average Bonchev–Trinajstić information content (AvgIpc) is 2.74. The van der Waals surface area contributed by atoms with Gasteiger partial charge in [-0.15, -0.1) is 0 Å². The van der Waals surface area contributed by atoms with Crippen LogP contribution in [0.4, 0.5) is 0 Å². The summed E-state index contributed by atoms with van der Waals surface area (Å²) >= 11 is 0. The van der Waals surface area contributed by atoms with Crippen molar-refractivity contribution in [3.63, 3.8) is 0 Å². The number of benzene rings is 2. The fraction of sp³-hybridized carbons (Fsp3) is 0.381. The van der Waals surface area contributed by atoms with Crippen molar-refractivity contribution in [3.05, 3.63) is 65.7 Å². The second-order valence-corrected chi connectivity index (χ2v) is 9.00. The lowest BCUT2D eigenvalue weighted by atomic mass is 10.0. The first kappa shape index (κ1) is 20.4. The van der Waals surface area contributed by atoms with E-state index in [9.17, 15) is 13.2 Å². The Morgan fingerprint density at radius 3 is 2.29 bits per heavy atom. The van der Waals surface area contributed by atoms with Crippen molar-refractivity contribution >= 4 is 15.9 Å². The van der Waals surface area contributed by atoms with E-state index in [1.807, 2.05) is 42.5 Å². The summed E-state index contributed by atoms with van der Waals surface area (Å²) in [5, 5.41) is 0. The van der Waals surface area contributed by atoms with Crippen molar-refractivity contribution in [1.82, 2.24) is 9.21 Å². The molecule has 1 amide bonds. The van der Waals surface area contributed by atoms with Gasteiger partial charge in [0.2, 0.25) is 10.0 Å². The van der Waals surface area contributed by atoms with Crippen molar-refractivity contribution in [1.29, 1.82) is 0 Å². The number of hydrogen-bond acceptors (Lipinski definition) is 4. The molecule has 0 atom stereocenters. The number of piperazine rings is 1. The highest BCUT2D eigenvalue weighted by molar-refractivity contribution is 7.89. The van der Waals surface area contributed by atoms with Crippen LogP contribution >= 0.6 is 0 Å². The van der Waals surface area contributed by atoms with Gasteiger partial charge in [-0.25, -0.2) is 8.42 Å². The zero-order valence-electron chi connectivity index (χ0n) is 16.1. The van der Waals surface area contributed by atoms with Crippen molar-refractivity contribution in [3.8, 4) is 5.75 Å². The van der Waals surface area contributed by atoms with Gasteiger partial charge in [-0.05, 0) is 24.1 Å². The van der Waals surface area contributed by atoms with Gasteiger partial charge in [0, 0.05) is 32.6 Å². The summed E-state index contributed by atoms with van der Waals surface area (Å²) in [7, 11) is -3.20. The third-order valence-electron chi connectivity index (χ3n) is 4.91. The van der Waals surface area contributed by atoms with Crippen LogP contribution in [-0.4, -0.2) is 62.1 Å². The van der Waals surface area contributed by atoms with E-state index < -0.39 is 10.0 Å².